The Hall–Kier alpha value is -5.38. The van der Waals surface area contributed by atoms with Gasteiger partial charge in [0.05, 0.1) is 48.8 Å². The highest BCUT2D eigenvalue weighted by Gasteiger charge is 2.35. The number of aliphatic imine (C=N–C) groups is 2. The van der Waals surface area contributed by atoms with Crippen LogP contribution in [0, 0.1) is 0 Å². The first-order valence-corrected chi connectivity index (χ1v) is 14.6. The van der Waals surface area contributed by atoms with Crippen molar-refractivity contribution < 1.29 is 28.9 Å². The molecule has 0 spiro atoms. The lowest BCUT2D eigenvalue weighted by Gasteiger charge is -2.20. The monoisotopic (exact) mass is 606 g/mol. The van der Waals surface area contributed by atoms with Crippen molar-refractivity contribution in [2.75, 3.05) is 27.3 Å². The van der Waals surface area contributed by atoms with E-state index in [0.29, 0.717) is 53.7 Å². The van der Waals surface area contributed by atoms with Crippen LogP contribution in [0.5, 0.6) is 23.0 Å². The number of fused-ring (bicyclic) bond motifs is 4. The molecule has 45 heavy (non-hydrogen) atoms. The van der Waals surface area contributed by atoms with E-state index in [1.165, 1.54) is 19.2 Å². The number of aromatic hydroxyl groups is 1. The summed E-state index contributed by atoms with van der Waals surface area (Å²) in [5, 5.41) is 9.75. The molecule has 0 bridgehead atoms. The predicted octanol–water partition coefficient (Wildman–Crippen LogP) is 5.65. The average molecular weight is 607 g/mol. The SMILES string of the molecule is C=C1C[C@H]2C=Nc3cc(O)c(OC)cc3C(=O)N2C1.C=C1C[C@H]2C=Nc3cc(OCc4ccccc4)c(OC)cc3C(=O)N2C1. The second-order valence-corrected chi connectivity index (χ2v) is 11.3. The lowest BCUT2D eigenvalue weighted by molar-refractivity contribution is 0.0769. The van der Waals surface area contributed by atoms with E-state index in [4.69, 9.17) is 14.2 Å². The number of rotatable bonds is 5. The number of hydrogen-bond donors (Lipinski definition) is 1. The topological polar surface area (TPSA) is 113 Å². The Morgan fingerprint density at radius 2 is 1.31 bits per heavy atom. The van der Waals surface area contributed by atoms with Crippen molar-refractivity contribution in [3.8, 4) is 23.0 Å². The van der Waals surface area contributed by atoms with E-state index in [2.05, 4.69) is 23.1 Å². The van der Waals surface area contributed by atoms with Gasteiger partial charge in [0.2, 0.25) is 0 Å². The number of phenolic OH excluding ortho intramolecular Hbond substituents is 1. The van der Waals surface area contributed by atoms with Crippen molar-refractivity contribution in [1.82, 2.24) is 9.80 Å². The fourth-order valence-corrected chi connectivity index (χ4v) is 5.84. The summed E-state index contributed by atoms with van der Waals surface area (Å²) in [4.78, 5) is 37.8. The second kappa shape index (κ2) is 12.3. The van der Waals surface area contributed by atoms with Gasteiger partial charge in [-0.3, -0.25) is 19.6 Å². The van der Waals surface area contributed by atoms with Crippen molar-refractivity contribution in [3.05, 3.63) is 95.6 Å². The van der Waals surface area contributed by atoms with Crippen LogP contribution in [0.2, 0.25) is 0 Å². The molecular formula is C35H34N4O6. The second-order valence-electron chi connectivity index (χ2n) is 11.3. The molecule has 3 aromatic carbocycles. The Kier molecular flexibility index (Phi) is 8.12. The molecule has 2 saturated heterocycles. The minimum atomic E-state index is -0.102. The highest BCUT2D eigenvalue weighted by Crippen LogP contribution is 2.39. The van der Waals surface area contributed by atoms with E-state index >= 15 is 0 Å². The zero-order valence-corrected chi connectivity index (χ0v) is 25.2. The molecule has 230 valence electrons. The largest absolute Gasteiger partial charge is 0.504 e. The van der Waals surface area contributed by atoms with Gasteiger partial charge >= 0.3 is 0 Å². The summed E-state index contributed by atoms with van der Waals surface area (Å²) in [7, 11) is 3.02. The third-order valence-electron chi connectivity index (χ3n) is 8.15. The lowest BCUT2D eigenvalue weighted by Crippen LogP contribution is -2.35. The molecule has 1 N–H and O–H groups in total. The van der Waals surface area contributed by atoms with Gasteiger partial charge in [0, 0.05) is 37.7 Å². The van der Waals surface area contributed by atoms with Crippen LogP contribution in [0.1, 0.15) is 39.1 Å². The van der Waals surface area contributed by atoms with Gasteiger partial charge in [-0.15, -0.1) is 0 Å². The van der Waals surface area contributed by atoms with Gasteiger partial charge in [-0.1, -0.05) is 54.6 Å². The highest BCUT2D eigenvalue weighted by molar-refractivity contribution is 6.04. The molecule has 4 aliphatic rings. The predicted molar refractivity (Wildman–Crippen MR) is 172 cm³/mol. The summed E-state index contributed by atoms with van der Waals surface area (Å²) >= 11 is 0. The smallest absolute Gasteiger partial charge is 0.257 e. The maximum atomic E-state index is 12.9. The van der Waals surface area contributed by atoms with Crippen LogP contribution in [0.4, 0.5) is 11.4 Å². The Morgan fingerprint density at radius 1 is 0.778 bits per heavy atom. The van der Waals surface area contributed by atoms with E-state index in [9.17, 15) is 14.7 Å². The van der Waals surface area contributed by atoms with Crippen molar-refractivity contribution in [2.45, 2.75) is 31.5 Å². The number of amides is 2. The molecule has 2 atom stereocenters. The van der Waals surface area contributed by atoms with Crippen molar-refractivity contribution >= 4 is 35.6 Å². The molecule has 0 radical (unpaired) electrons. The third-order valence-corrected chi connectivity index (χ3v) is 8.15. The van der Waals surface area contributed by atoms with Crippen LogP contribution in [0.25, 0.3) is 0 Å². The normalized spacial score (nSPS) is 19.5. The summed E-state index contributed by atoms with van der Waals surface area (Å²) in [5.41, 5.74) is 5.20. The van der Waals surface area contributed by atoms with E-state index < -0.39 is 0 Å². The van der Waals surface area contributed by atoms with E-state index in [-0.39, 0.29) is 35.4 Å². The van der Waals surface area contributed by atoms with E-state index in [0.717, 1.165) is 29.6 Å². The molecule has 3 aromatic rings. The molecule has 4 heterocycles. The van der Waals surface area contributed by atoms with Crippen LogP contribution in [-0.2, 0) is 6.61 Å². The Bertz CT molecular complexity index is 1750. The maximum absolute atomic E-state index is 12.9. The molecule has 0 saturated carbocycles. The first kappa shape index (κ1) is 29.7. The fourth-order valence-electron chi connectivity index (χ4n) is 5.84. The number of phenols is 1. The summed E-state index contributed by atoms with van der Waals surface area (Å²) in [6, 6.07) is 16.3. The van der Waals surface area contributed by atoms with Crippen LogP contribution in [-0.4, -0.2) is 78.5 Å². The van der Waals surface area contributed by atoms with Crippen LogP contribution in [0.15, 0.2) is 88.9 Å². The first-order chi connectivity index (χ1) is 21.7. The highest BCUT2D eigenvalue weighted by atomic mass is 16.5. The van der Waals surface area contributed by atoms with Gasteiger partial charge in [-0.05, 0) is 30.5 Å². The number of carbonyl (C=O) groups is 2. The van der Waals surface area contributed by atoms with Gasteiger partial charge in [-0.25, -0.2) is 0 Å². The van der Waals surface area contributed by atoms with Crippen molar-refractivity contribution in [2.24, 2.45) is 9.98 Å². The third kappa shape index (κ3) is 5.91. The number of methoxy groups -OCH3 is 2. The molecule has 0 unspecified atom stereocenters. The van der Waals surface area contributed by atoms with Crippen molar-refractivity contribution in [3.63, 3.8) is 0 Å². The average Bonchev–Trinajstić information content (AvgIpc) is 3.56. The number of benzene rings is 3. The van der Waals surface area contributed by atoms with E-state index in [1.54, 1.807) is 30.4 Å². The summed E-state index contributed by atoms with van der Waals surface area (Å²) in [5.74, 6) is 1.21. The standard InChI is InChI=1S/C21H20N2O3.C14H14N2O3/c1-14-8-16-11-22-18-10-20(26-13-15-6-4-3-5-7-15)19(25-2)9-17(18)21(24)23(16)12-14;1-8-3-9-6-15-11-5-12(17)13(19-2)4-10(11)14(18)16(9)7-8/h3-7,9-11,16H,1,8,12-13H2,2H3;4-6,9,17H,1,3,7H2,2H3/t16-;9-/m00/s1. The zero-order valence-electron chi connectivity index (χ0n) is 25.2. The maximum Gasteiger partial charge on any atom is 0.257 e. The molecule has 10 heteroatoms. The minimum absolute atomic E-state index is 0.0160. The number of hydrogen-bond acceptors (Lipinski definition) is 8. The Balaban J connectivity index is 0.000000167. The van der Waals surface area contributed by atoms with Crippen LogP contribution in [0.3, 0.4) is 0 Å². The number of nitrogens with zero attached hydrogens (tertiary/aromatic N) is 4. The van der Waals surface area contributed by atoms with Gasteiger partial charge < -0.3 is 29.1 Å². The number of ether oxygens (including phenoxy) is 3. The van der Waals surface area contributed by atoms with Crippen LogP contribution >= 0.6 is 0 Å². The molecule has 2 amide bonds. The van der Waals surface area contributed by atoms with Gasteiger partial charge in [0.15, 0.2) is 23.0 Å². The van der Waals surface area contributed by atoms with Gasteiger partial charge in [0.1, 0.15) is 6.61 Å². The molecule has 2 fully saturated rings. The fraction of sp³-hybridized carbons (Fsp3) is 0.257. The molecule has 10 nitrogen and oxygen atoms in total. The quantitative estimate of drug-likeness (QED) is 0.376. The first-order valence-electron chi connectivity index (χ1n) is 14.6. The molecular weight excluding hydrogens is 572 g/mol. The summed E-state index contributed by atoms with van der Waals surface area (Å²) < 4.78 is 16.4. The van der Waals surface area contributed by atoms with Gasteiger partial charge in [-0.2, -0.15) is 0 Å². The Morgan fingerprint density at radius 3 is 1.87 bits per heavy atom. The van der Waals surface area contributed by atoms with Crippen LogP contribution < -0.4 is 14.2 Å². The Labute approximate surface area is 261 Å². The van der Waals surface area contributed by atoms with Crippen molar-refractivity contribution in [1.29, 1.82) is 0 Å². The zero-order chi connectivity index (χ0) is 31.7. The van der Waals surface area contributed by atoms with Gasteiger partial charge in [0.25, 0.3) is 11.8 Å². The minimum Gasteiger partial charge on any atom is -0.504 e. The van der Waals surface area contributed by atoms with E-state index in [1.807, 2.05) is 41.4 Å². The lowest BCUT2D eigenvalue weighted by atomic mass is 10.1. The molecule has 7 rings (SSSR count). The summed E-state index contributed by atoms with van der Waals surface area (Å²) in [6.07, 6.45) is 5.08. The number of carbonyl (C=O) groups excluding carboxylic acids is 2. The molecule has 0 aliphatic carbocycles. The summed E-state index contributed by atoms with van der Waals surface area (Å²) in [6.45, 7) is 9.47. The molecule has 4 aliphatic heterocycles. The molecule has 0 aromatic heterocycles.